The number of sulfonamides is 1. The summed E-state index contributed by atoms with van der Waals surface area (Å²) in [6.07, 6.45) is 1.81. The van der Waals surface area contributed by atoms with Crippen molar-refractivity contribution in [1.82, 2.24) is 14.6 Å². The van der Waals surface area contributed by atoms with Crippen molar-refractivity contribution in [3.05, 3.63) is 75.7 Å². The molecule has 3 aromatic rings. The fourth-order valence-electron chi connectivity index (χ4n) is 3.48. The van der Waals surface area contributed by atoms with Gasteiger partial charge in [0.15, 0.2) is 0 Å². The molecule has 168 valence electrons. The van der Waals surface area contributed by atoms with Gasteiger partial charge in [0.1, 0.15) is 12.4 Å². The zero-order valence-electron chi connectivity index (χ0n) is 17.8. The largest absolute Gasteiger partial charge is 0.487 e. The first kappa shape index (κ1) is 22.4. The maximum Gasteiger partial charge on any atom is 0.251 e. The second-order valence-corrected chi connectivity index (χ2v) is 10.6. The van der Waals surface area contributed by atoms with Gasteiger partial charge in [0.2, 0.25) is 10.0 Å². The highest BCUT2D eigenvalue weighted by Crippen LogP contribution is 2.21. The number of carbonyl (C=O) groups is 1. The molecule has 0 aliphatic carbocycles. The van der Waals surface area contributed by atoms with Crippen molar-refractivity contribution in [2.75, 3.05) is 13.1 Å². The van der Waals surface area contributed by atoms with E-state index in [0.29, 0.717) is 37.6 Å². The molecule has 2 heterocycles. The third kappa shape index (κ3) is 5.35. The molecule has 1 aliphatic heterocycles. The number of rotatable bonds is 8. The van der Waals surface area contributed by atoms with Crippen LogP contribution in [0.5, 0.6) is 5.75 Å². The predicted molar refractivity (Wildman–Crippen MR) is 123 cm³/mol. The molecule has 1 saturated heterocycles. The molecule has 1 N–H and O–H groups in total. The average Bonchev–Trinajstić information content (AvgIpc) is 3.49. The van der Waals surface area contributed by atoms with E-state index in [1.54, 1.807) is 59.9 Å². The van der Waals surface area contributed by atoms with Crippen molar-refractivity contribution in [2.24, 2.45) is 0 Å². The average molecular weight is 472 g/mol. The van der Waals surface area contributed by atoms with Gasteiger partial charge in [0.05, 0.1) is 15.6 Å². The van der Waals surface area contributed by atoms with Crippen LogP contribution in [-0.2, 0) is 23.2 Å². The summed E-state index contributed by atoms with van der Waals surface area (Å²) < 4.78 is 32.4. The van der Waals surface area contributed by atoms with E-state index in [-0.39, 0.29) is 10.8 Å². The second-order valence-electron chi connectivity index (χ2n) is 7.61. The third-order valence-electron chi connectivity index (χ3n) is 5.25. The Balaban J connectivity index is 1.29. The Morgan fingerprint density at radius 3 is 2.41 bits per heavy atom. The molecule has 0 saturated carbocycles. The molecule has 7 nitrogen and oxygen atoms in total. The van der Waals surface area contributed by atoms with Gasteiger partial charge in [0, 0.05) is 30.6 Å². The van der Waals surface area contributed by atoms with Gasteiger partial charge in [-0.1, -0.05) is 12.1 Å². The first-order chi connectivity index (χ1) is 15.4. The minimum Gasteiger partial charge on any atom is -0.487 e. The predicted octanol–water partition coefficient (Wildman–Crippen LogP) is 3.75. The van der Waals surface area contributed by atoms with Crippen LogP contribution in [0.15, 0.2) is 58.8 Å². The highest BCUT2D eigenvalue weighted by atomic mass is 32.2. The third-order valence-corrected chi connectivity index (χ3v) is 7.98. The van der Waals surface area contributed by atoms with Crippen LogP contribution in [0, 0.1) is 6.92 Å². The highest BCUT2D eigenvalue weighted by molar-refractivity contribution is 7.89. The summed E-state index contributed by atoms with van der Waals surface area (Å²) in [5.74, 6) is 0.461. The summed E-state index contributed by atoms with van der Waals surface area (Å²) in [7, 11) is -3.42. The lowest BCUT2D eigenvalue weighted by Gasteiger charge is -2.15. The number of thiazole rings is 1. The molecule has 0 spiro atoms. The molecule has 4 rings (SSSR count). The first-order valence-corrected chi connectivity index (χ1v) is 12.7. The van der Waals surface area contributed by atoms with Crippen molar-refractivity contribution in [2.45, 2.75) is 37.8 Å². The fourth-order valence-corrected chi connectivity index (χ4v) is 5.59. The van der Waals surface area contributed by atoms with E-state index in [4.69, 9.17) is 4.74 Å². The number of amides is 1. The second kappa shape index (κ2) is 9.81. The number of hydrogen-bond donors (Lipinski definition) is 1. The monoisotopic (exact) mass is 471 g/mol. The lowest BCUT2D eigenvalue weighted by atomic mass is 10.2. The Morgan fingerprint density at radius 2 is 1.78 bits per heavy atom. The Hall–Kier alpha value is -2.75. The topological polar surface area (TPSA) is 88.6 Å². The maximum absolute atomic E-state index is 12.6. The van der Waals surface area contributed by atoms with Gasteiger partial charge in [-0.25, -0.2) is 13.4 Å². The normalized spacial score (nSPS) is 14.4. The van der Waals surface area contributed by atoms with E-state index in [2.05, 4.69) is 10.3 Å². The molecule has 1 fully saturated rings. The van der Waals surface area contributed by atoms with Gasteiger partial charge >= 0.3 is 0 Å². The molecule has 1 aliphatic rings. The van der Waals surface area contributed by atoms with Crippen molar-refractivity contribution < 1.29 is 17.9 Å². The van der Waals surface area contributed by atoms with Crippen LogP contribution in [-0.4, -0.2) is 36.7 Å². The number of aryl methyl sites for hydroxylation is 1. The summed E-state index contributed by atoms with van der Waals surface area (Å²) in [5.41, 5.74) is 2.24. The molecule has 1 aromatic heterocycles. The molecular weight excluding hydrogens is 446 g/mol. The van der Waals surface area contributed by atoms with E-state index >= 15 is 0 Å². The number of benzene rings is 2. The van der Waals surface area contributed by atoms with Gasteiger partial charge in [0.25, 0.3) is 5.91 Å². The van der Waals surface area contributed by atoms with E-state index in [1.165, 1.54) is 4.31 Å². The smallest absolute Gasteiger partial charge is 0.251 e. The van der Waals surface area contributed by atoms with Crippen LogP contribution in [0.1, 0.15) is 39.5 Å². The van der Waals surface area contributed by atoms with Gasteiger partial charge in [-0.15, -0.1) is 11.3 Å². The van der Waals surface area contributed by atoms with Crippen molar-refractivity contribution in [3.63, 3.8) is 0 Å². The molecule has 0 radical (unpaired) electrons. The first-order valence-electron chi connectivity index (χ1n) is 10.4. The van der Waals surface area contributed by atoms with Crippen LogP contribution in [0.3, 0.4) is 0 Å². The Labute approximate surface area is 192 Å². The van der Waals surface area contributed by atoms with E-state index in [1.807, 2.05) is 12.3 Å². The SMILES string of the molecule is Cc1nc(COc2ccc(C(=O)NCc3ccc(S(=O)(=O)N4CCCC4)cc3)cc2)cs1. The Morgan fingerprint density at radius 1 is 1.09 bits per heavy atom. The summed E-state index contributed by atoms with van der Waals surface area (Å²) in [5, 5.41) is 5.82. The molecule has 0 unspecified atom stereocenters. The number of nitrogens with one attached hydrogen (secondary N) is 1. The zero-order chi connectivity index (χ0) is 22.6. The highest BCUT2D eigenvalue weighted by Gasteiger charge is 2.26. The number of ether oxygens (including phenoxy) is 1. The fraction of sp³-hybridized carbons (Fsp3) is 0.304. The Kier molecular flexibility index (Phi) is 6.88. The summed E-state index contributed by atoms with van der Waals surface area (Å²) in [6, 6.07) is 13.6. The number of carbonyl (C=O) groups excluding carboxylic acids is 1. The van der Waals surface area contributed by atoms with Gasteiger partial charge < -0.3 is 10.1 Å². The van der Waals surface area contributed by atoms with Gasteiger partial charge in [-0.2, -0.15) is 4.31 Å². The van der Waals surface area contributed by atoms with E-state index in [0.717, 1.165) is 29.1 Å². The maximum atomic E-state index is 12.6. The number of hydrogen-bond acceptors (Lipinski definition) is 6. The minimum absolute atomic E-state index is 0.208. The van der Waals surface area contributed by atoms with Crippen molar-refractivity contribution in [3.8, 4) is 5.75 Å². The minimum atomic E-state index is -3.42. The quantitative estimate of drug-likeness (QED) is 0.541. The van der Waals surface area contributed by atoms with Crippen LogP contribution in [0.2, 0.25) is 0 Å². The lowest BCUT2D eigenvalue weighted by molar-refractivity contribution is 0.0951. The molecular formula is C23H25N3O4S2. The summed E-state index contributed by atoms with van der Waals surface area (Å²) >= 11 is 1.58. The number of nitrogens with zero attached hydrogens (tertiary/aromatic N) is 2. The molecule has 32 heavy (non-hydrogen) atoms. The lowest BCUT2D eigenvalue weighted by Crippen LogP contribution is -2.28. The van der Waals surface area contributed by atoms with E-state index in [9.17, 15) is 13.2 Å². The summed E-state index contributed by atoms with van der Waals surface area (Å²) in [4.78, 5) is 17.1. The van der Waals surface area contributed by atoms with Crippen molar-refractivity contribution in [1.29, 1.82) is 0 Å². The molecule has 2 aromatic carbocycles. The molecule has 1 amide bonds. The van der Waals surface area contributed by atoms with Crippen molar-refractivity contribution >= 4 is 27.3 Å². The van der Waals surface area contributed by atoms with Crippen LogP contribution in [0.25, 0.3) is 0 Å². The molecule has 9 heteroatoms. The van der Waals surface area contributed by atoms with E-state index < -0.39 is 10.0 Å². The molecule has 0 atom stereocenters. The van der Waals surface area contributed by atoms with Crippen LogP contribution in [0.4, 0.5) is 0 Å². The number of aromatic nitrogens is 1. The van der Waals surface area contributed by atoms with Crippen LogP contribution < -0.4 is 10.1 Å². The summed E-state index contributed by atoms with van der Waals surface area (Å²) in [6.45, 7) is 3.80. The molecule has 0 bridgehead atoms. The van der Waals surface area contributed by atoms with Gasteiger partial charge in [-0.05, 0) is 61.7 Å². The Bertz CT molecular complexity index is 1170. The van der Waals surface area contributed by atoms with Gasteiger partial charge in [-0.3, -0.25) is 4.79 Å². The van der Waals surface area contributed by atoms with Crippen LogP contribution >= 0.6 is 11.3 Å². The zero-order valence-corrected chi connectivity index (χ0v) is 19.4. The standard InChI is InChI=1S/C23H25N3O4S2/c1-17-25-20(16-31-17)15-30-21-8-6-19(7-9-21)23(27)24-14-18-4-10-22(11-5-18)32(28,29)26-12-2-3-13-26/h4-11,16H,2-3,12-15H2,1H3,(H,24,27).